The molecular formula is C25H32N4O4. The number of amides is 3. The first-order valence-corrected chi connectivity index (χ1v) is 11.2. The first-order valence-electron chi connectivity index (χ1n) is 11.2. The van der Waals surface area contributed by atoms with Crippen LogP contribution in [0.5, 0.6) is 0 Å². The molecule has 0 aromatic heterocycles. The Morgan fingerprint density at radius 2 is 1.85 bits per heavy atom. The topological polar surface area (TPSA) is 99.8 Å². The molecule has 1 aliphatic rings. The monoisotopic (exact) mass is 452 g/mol. The molecule has 3 rings (SSSR count). The average molecular weight is 453 g/mol. The number of carbonyl (C=O) groups excluding carboxylic acids is 3. The number of nitrogens with zero attached hydrogens (tertiary/aromatic N) is 1. The van der Waals surface area contributed by atoms with Gasteiger partial charge in [0.1, 0.15) is 0 Å². The smallest absolute Gasteiger partial charge is 0.251 e. The fourth-order valence-corrected chi connectivity index (χ4v) is 3.55. The zero-order chi connectivity index (χ0) is 23.6. The molecule has 1 aliphatic heterocycles. The second-order valence-electron chi connectivity index (χ2n) is 8.32. The number of carbonyl (C=O) groups is 3. The summed E-state index contributed by atoms with van der Waals surface area (Å²) >= 11 is 0. The van der Waals surface area contributed by atoms with E-state index >= 15 is 0 Å². The van der Waals surface area contributed by atoms with E-state index in [2.05, 4.69) is 16.0 Å². The lowest BCUT2D eigenvalue weighted by molar-refractivity contribution is -0.128. The van der Waals surface area contributed by atoms with E-state index in [0.717, 1.165) is 30.7 Å². The van der Waals surface area contributed by atoms with Gasteiger partial charge in [0.15, 0.2) is 0 Å². The van der Waals surface area contributed by atoms with Gasteiger partial charge < -0.3 is 25.6 Å². The number of nitrogens with one attached hydrogen (secondary N) is 3. The molecule has 1 unspecified atom stereocenters. The third-order valence-corrected chi connectivity index (χ3v) is 5.43. The Bertz CT molecular complexity index is 970. The van der Waals surface area contributed by atoms with Gasteiger partial charge in [-0.05, 0) is 55.2 Å². The summed E-state index contributed by atoms with van der Waals surface area (Å²) in [4.78, 5) is 38.2. The molecule has 1 fully saturated rings. The normalized spacial score (nSPS) is 15.0. The van der Waals surface area contributed by atoms with Gasteiger partial charge >= 0.3 is 0 Å². The van der Waals surface area contributed by atoms with E-state index in [4.69, 9.17) is 4.74 Å². The maximum absolute atomic E-state index is 12.4. The molecular weight excluding hydrogens is 420 g/mol. The summed E-state index contributed by atoms with van der Waals surface area (Å²) in [7, 11) is 3.49. The lowest BCUT2D eigenvalue weighted by atomic mass is 10.1. The van der Waals surface area contributed by atoms with E-state index in [1.54, 1.807) is 43.3 Å². The SMILES string of the molecule is CN(C)C(=O)CCc1cccc(NCC(=O)Nc2cccc(C(=O)NCC3CCCO3)c2)c1. The number of ether oxygens (including phenoxy) is 1. The largest absolute Gasteiger partial charge is 0.376 e. The number of anilines is 2. The molecule has 0 radical (unpaired) electrons. The van der Waals surface area contributed by atoms with E-state index in [1.165, 1.54) is 0 Å². The van der Waals surface area contributed by atoms with Crippen LogP contribution < -0.4 is 16.0 Å². The summed E-state index contributed by atoms with van der Waals surface area (Å²) in [6.45, 7) is 1.31. The van der Waals surface area contributed by atoms with Crippen molar-refractivity contribution in [2.75, 3.05) is 44.4 Å². The fraction of sp³-hybridized carbons (Fsp3) is 0.400. The molecule has 0 saturated carbocycles. The van der Waals surface area contributed by atoms with Crippen LogP contribution in [0.25, 0.3) is 0 Å². The summed E-state index contributed by atoms with van der Waals surface area (Å²) < 4.78 is 5.52. The molecule has 8 heteroatoms. The van der Waals surface area contributed by atoms with Crippen molar-refractivity contribution in [3.8, 4) is 0 Å². The Labute approximate surface area is 194 Å². The molecule has 1 atom stereocenters. The van der Waals surface area contributed by atoms with Crippen molar-refractivity contribution in [3.05, 3.63) is 59.7 Å². The van der Waals surface area contributed by atoms with Gasteiger partial charge in [-0.15, -0.1) is 0 Å². The van der Waals surface area contributed by atoms with Gasteiger partial charge in [-0.1, -0.05) is 18.2 Å². The van der Waals surface area contributed by atoms with Crippen LogP contribution in [0.4, 0.5) is 11.4 Å². The van der Waals surface area contributed by atoms with Crippen LogP contribution in [0, 0.1) is 0 Å². The molecule has 3 amide bonds. The standard InChI is InChI=1S/C25H32N4O4/c1-29(2)24(31)12-11-18-6-3-8-20(14-18)26-17-23(30)28-21-9-4-7-19(15-21)25(32)27-16-22-10-5-13-33-22/h3-4,6-9,14-15,22,26H,5,10-13,16-17H2,1-2H3,(H,27,32)(H,28,30). The van der Waals surface area contributed by atoms with E-state index in [9.17, 15) is 14.4 Å². The fourth-order valence-electron chi connectivity index (χ4n) is 3.55. The van der Waals surface area contributed by atoms with E-state index in [1.807, 2.05) is 24.3 Å². The van der Waals surface area contributed by atoms with Crippen molar-refractivity contribution in [1.82, 2.24) is 10.2 Å². The average Bonchev–Trinajstić information content (AvgIpc) is 3.34. The van der Waals surface area contributed by atoms with Crippen LogP contribution in [0.1, 0.15) is 35.2 Å². The molecule has 33 heavy (non-hydrogen) atoms. The number of benzene rings is 2. The quantitative estimate of drug-likeness (QED) is 0.515. The second kappa shape index (κ2) is 12.0. The van der Waals surface area contributed by atoms with Crippen molar-refractivity contribution in [1.29, 1.82) is 0 Å². The minimum atomic E-state index is -0.222. The molecule has 0 aliphatic carbocycles. The van der Waals surface area contributed by atoms with Crippen molar-refractivity contribution in [3.63, 3.8) is 0 Å². The molecule has 0 spiro atoms. The highest BCUT2D eigenvalue weighted by Crippen LogP contribution is 2.15. The predicted molar refractivity (Wildman–Crippen MR) is 128 cm³/mol. The Morgan fingerprint density at radius 1 is 1.06 bits per heavy atom. The van der Waals surface area contributed by atoms with E-state index in [0.29, 0.717) is 30.6 Å². The lowest BCUT2D eigenvalue weighted by Gasteiger charge is -2.12. The highest BCUT2D eigenvalue weighted by atomic mass is 16.5. The predicted octanol–water partition coefficient (Wildman–Crippen LogP) is 2.67. The van der Waals surface area contributed by atoms with Crippen LogP contribution >= 0.6 is 0 Å². The summed E-state index contributed by atoms with van der Waals surface area (Å²) in [6.07, 6.45) is 3.14. The van der Waals surface area contributed by atoms with Crippen LogP contribution in [-0.4, -0.2) is 62.5 Å². The number of rotatable bonds is 10. The van der Waals surface area contributed by atoms with Crippen LogP contribution in [0.3, 0.4) is 0 Å². The summed E-state index contributed by atoms with van der Waals surface area (Å²) in [5.74, 6) is -0.333. The molecule has 3 N–H and O–H groups in total. The Morgan fingerprint density at radius 3 is 2.61 bits per heavy atom. The number of aryl methyl sites for hydroxylation is 1. The molecule has 8 nitrogen and oxygen atoms in total. The molecule has 1 saturated heterocycles. The van der Waals surface area contributed by atoms with Crippen LogP contribution in [0.2, 0.25) is 0 Å². The third kappa shape index (κ3) is 7.91. The van der Waals surface area contributed by atoms with Gasteiger partial charge in [-0.3, -0.25) is 14.4 Å². The molecule has 0 bridgehead atoms. The van der Waals surface area contributed by atoms with Crippen LogP contribution in [0.15, 0.2) is 48.5 Å². The van der Waals surface area contributed by atoms with Gasteiger partial charge in [0, 0.05) is 50.6 Å². The minimum Gasteiger partial charge on any atom is -0.376 e. The maximum Gasteiger partial charge on any atom is 0.251 e. The van der Waals surface area contributed by atoms with Crippen LogP contribution in [-0.2, 0) is 20.7 Å². The first-order chi connectivity index (χ1) is 15.9. The van der Waals surface area contributed by atoms with Gasteiger partial charge in [-0.25, -0.2) is 0 Å². The zero-order valence-corrected chi connectivity index (χ0v) is 19.2. The summed E-state index contributed by atoms with van der Waals surface area (Å²) in [6, 6.07) is 14.5. The van der Waals surface area contributed by atoms with Gasteiger partial charge in [0.05, 0.1) is 12.6 Å². The van der Waals surface area contributed by atoms with E-state index < -0.39 is 0 Å². The second-order valence-corrected chi connectivity index (χ2v) is 8.32. The van der Waals surface area contributed by atoms with Crippen molar-refractivity contribution in [2.24, 2.45) is 0 Å². The van der Waals surface area contributed by atoms with Crippen molar-refractivity contribution >= 4 is 29.1 Å². The molecule has 2 aromatic carbocycles. The lowest BCUT2D eigenvalue weighted by Crippen LogP contribution is -2.31. The number of hydrogen-bond acceptors (Lipinski definition) is 5. The third-order valence-electron chi connectivity index (χ3n) is 5.43. The zero-order valence-electron chi connectivity index (χ0n) is 19.2. The maximum atomic E-state index is 12.4. The van der Waals surface area contributed by atoms with Gasteiger partial charge in [-0.2, -0.15) is 0 Å². The highest BCUT2D eigenvalue weighted by molar-refractivity contribution is 5.98. The Hall–Kier alpha value is -3.39. The van der Waals surface area contributed by atoms with Crippen molar-refractivity contribution in [2.45, 2.75) is 31.8 Å². The summed E-state index contributed by atoms with van der Waals surface area (Å²) in [5, 5.41) is 8.80. The molecule has 2 aromatic rings. The first kappa shape index (κ1) is 24.3. The van der Waals surface area contributed by atoms with Gasteiger partial charge in [0.2, 0.25) is 11.8 Å². The molecule has 1 heterocycles. The Kier molecular flexibility index (Phi) is 8.83. The van der Waals surface area contributed by atoms with Gasteiger partial charge in [0.25, 0.3) is 5.91 Å². The van der Waals surface area contributed by atoms with Crippen molar-refractivity contribution < 1.29 is 19.1 Å². The summed E-state index contributed by atoms with van der Waals surface area (Å²) in [5.41, 5.74) is 2.88. The van der Waals surface area contributed by atoms with E-state index in [-0.39, 0.29) is 30.4 Å². The minimum absolute atomic E-state index is 0.0786. The molecule has 176 valence electrons. The Balaban J connectivity index is 1.47. The highest BCUT2D eigenvalue weighted by Gasteiger charge is 2.17. The number of hydrogen-bond donors (Lipinski definition) is 3.